The van der Waals surface area contributed by atoms with Crippen LogP contribution in [0.1, 0.15) is 33.1 Å². The molecule has 4 amide bonds. The first-order valence-corrected chi connectivity index (χ1v) is 6.80. The topological polar surface area (TPSA) is 75.7 Å². The molecule has 0 aliphatic carbocycles. The van der Waals surface area contributed by atoms with Crippen LogP contribution < -0.4 is 5.32 Å². The van der Waals surface area contributed by atoms with Crippen LogP contribution in [0.5, 0.6) is 0 Å². The van der Waals surface area contributed by atoms with Crippen LogP contribution in [-0.2, 0) is 14.3 Å². The van der Waals surface area contributed by atoms with Crippen LogP contribution in [0.2, 0.25) is 0 Å². The molecule has 106 valence electrons. The van der Waals surface area contributed by atoms with Gasteiger partial charge < -0.3 is 4.74 Å². The number of nitrogens with zero attached hydrogens (tertiary/aromatic N) is 1. The van der Waals surface area contributed by atoms with Gasteiger partial charge >= 0.3 is 6.03 Å². The molecule has 2 saturated heterocycles. The van der Waals surface area contributed by atoms with E-state index in [4.69, 9.17) is 4.74 Å². The Balaban J connectivity index is 2.20. The van der Waals surface area contributed by atoms with E-state index in [1.807, 2.05) is 0 Å². The van der Waals surface area contributed by atoms with Gasteiger partial charge in [0, 0.05) is 19.1 Å². The summed E-state index contributed by atoms with van der Waals surface area (Å²) in [7, 11) is 0. The van der Waals surface area contributed by atoms with Crippen LogP contribution in [-0.4, -0.2) is 42.5 Å². The minimum absolute atomic E-state index is 0.175. The normalized spacial score (nSPS) is 26.7. The minimum atomic E-state index is -1.09. The molecule has 2 aliphatic rings. The molecule has 0 aromatic rings. The molecule has 1 N–H and O–H groups in total. The Kier molecular flexibility index (Phi) is 3.89. The number of urea groups is 1. The Morgan fingerprint density at radius 1 is 1.32 bits per heavy atom. The van der Waals surface area contributed by atoms with E-state index in [9.17, 15) is 14.4 Å². The summed E-state index contributed by atoms with van der Waals surface area (Å²) in [5.74, 6) is -0.654. The third-order valence-corrected chi connectivity index (χ3v) is 4.23. The Morgan fingerprint density at radius 3 is 2.53 bits per heavy atom. The molecule has 2 rings (SSSR count). The van der Waals surface area contributed by atoms with Gasteiger partial charge in [-0.2, -0.15) is 0 Å². The fourth-order valence-electron chi connectivity index (χ4n) is 2.76. The van der Waals surface area contributed by atoms with Crippen LogP contribution in [0.25, 0.3) is 0 Å². The first kappa shape index (κ1) is 14.0. The van der Waals surface area contributed by atoms with Gasteiger partial charge in [-0.25, -0.2) is 4.79 Å². The summed E-state index contributed by atoms with van der Waals surface area (Å²) in [5.41, 5.74) is -1.09. The third kappa shape index (κ3) is 2.25. The number of carbonyl (C=O) groups excluding carboxylic acids is 3. The Bertz CT molecular complexity index is 397. The second-order valence-corrected chi connectivity index (χ2v) is 5.19. The average molecular weight is 268 g/mol. The van der Waals surface area contributed by atoms with Crippen molar-refractivity contribution in [1.29, 1.82) is 0 Å². The molecular weight excluding hydrogens is 248 g/mol. The van der Waals surface area contributed by atoms with E-state index >= 15 is 0 Å². The molecule has 0 spiro atoms. The van der Waals surface area contributed by atoms with Crippen molar-refractivity contribution >= 4 is 17.8 Å². The minimum Gasteiger partial charge on any atom is -0.381 e. The molecule has 0 bridgehead atoms. The number of nitrogens with one attached hydrogen (secondary N) is 1. The summed E-state index contributed by atoms with van der Waals surface area (Å²) >= 11 is 0. The van der Waals surface area contributed by atoms with Crippen molar-refractivity contribution in [1.82, 2.24) is 10.2 Å². The largest absolute Gasteiger partial charge is 0.381 e. The van der Waals surface area contributed by atoms with Gasteiger partial charge in [-0.3, -0.25) is 19.8 Å². The summed E-state index contributed by atoms with van der Waals surface area (Å²) < 4.78 is 5.26. The first-order chi connectivity index (χ1) is 9.05. The molecule has 0 aromatic heterocycles. The standard InChI is InChI=1S/C13H20N2O4/c1-3-13(4-2)10(16)14-12(18)15(11(13)17)7-9-5-6-19-8-9/h9H,3-8H2,1-2H3,(H,14,16,18). The number of hydrogen-bond donors (Lipinski definition) is 1. The lowest BCUT2D eigenvalue weighted by atomic mass is 9.78. The van der Waals surface area contributed by atoms with Crippen molar-refractivity contribution in [3.05, 3.63) is 0 Å². The van der Waals surface area contributed by atoms with E-state index in [0.29, 0.717) is 32.6 Å². The van der Waals surface area contributed by atoms with Gasteiger partial charge in [0.25, 0.3) is 0 Å². The van der Waals surface area contributed by atoms with Crippen molar-refractivity contribution in [3.8, 4) is 0 Å². The lowest BCUT2D eigenvalue weighted by Crippen LogP contribution is -2.64. The second-order valence-electron chi connectivity index (χ2n) is 5.19. The highest BCUT2D eigenvalue weighted by Gasteiger charge is 2.51. The number of ether oxygens (including phenoxy) is 1. The molecule has 0 radical (unpaired) electrons. The number of rotatable bonds is 4. The number of imide groups is 2. The van der Waals surface area contributed by atoms with Gasteiger partial charge in [-0.05, 0) is 19.3 Å². The van der Waals surface area contributed by atoms with Gasteiger partial charge in [-0.15, -0.1) is 0 Å². The van der Waals surface area contributed by atoms with E-state index in [1.165, 1.54) is 4.90 Å². The number of barbiturate groups is 1. The molecule has 1 atom stereocenters. The molecule has 0 aromatic carbocycles. The Morgan fingerprint density at radius 2 is 2.00 bits per heavy atom. The molecule has 0 saturated carbocycles. The van der Waals surface area contributed by atoms with Gasteiger partial charge in [0.15, 0.2) is 0 Å². The molecule has 2 fully saturated rings. The van der Waals surface area contributed by atoms with Crippen molar-refractivity contribution in [2.75, 3.05) is 19.8 Å². The lowest BCUT2D eigenvalue weighted by molar-refractivity contribution is -0.152. The zero-order chi connectivity index (χ0) is 14.0. The molecule has 2 aliphatic heterocycles. The van der Waals surface area contributed by atoms with E-state index in [0.717, 1.165) is 6.42 Å². The number of amides is 4. The van der Waals surface area contributed by atoms with Crippen molar-refractivity contribution in [2.45, 2.75) is 33.1 Å². The summed E-state index contributed by atoms with van der Waals surface area (Å²) in [6.07, 6.45) is 1.65. The fourth-order valence-corrected chi connectivity index (χ4v) is 2.76. The highest BCUT2D eigenvalue weighted by atomic mass is 16.5. The molecule has 6 nitrogen and oxygen atoms in total. The maximum absolute atomic E-state index is 12.5. The fraction of sp³-hybridized carbons (Fsp3) is 0.769. The molecular formula is C13H20N2O4. The first-order valence-electron chi connectivity index (χ1n) is 6.80. The van der Waals surface area contributed by atoms with Crippen LogP contribution in [0, 0.1) is 11.3 Å². The maximum Gasteiger partial charge on any atom is 0.330 e. The van der Waals surface area contributed by atoms with Crippen LogP contribution in [0.15, 0.2) is 0 Å². The third-order valence-electron chi connectivity index (χ3n) is 4.23. The van der Waals surface area contributed by atoms with E-state index < -0.39 is 17.4 Å². The number of carbonyl (C=O) groups is 3. The van der Waals surface area contributed by atoms with E-state index in [-0.39, 0.29) is 11.8 Å². The predicted octanol–water partition coefficient (Wildman–Crippen LogP) is 0.908. The smallest absolute Gasteiger partial charge is 0.330 e. The summed E-state index contributed by atoms with van der Waals surface area (Å²) in [5, 5.41) is 2.31. The summed E-state index contributed by atoms with van der Waals surface area (Å²) in [6, 6.07) is -0.598. The van der Waals surface area contributed by atoms with Crippen LogP contribution in [0.4, 0.5) is 4.79 Å². The van der Waals surface area contributed by atoms with Crippen LogP contribution >= 0.6 is 0 Å². The van der Waals surface area contributed by atoms with Crippen LogP contribution in [0.3, 0.4) is 0 Å². The summed E-state index contributed by atoms with van der Waals surface area (Å²) in [4.78, 5) is 37.5. The molecule has 19 heavy (non-hydrogen) atoms. The zero-order valence-electron chi connectivity index (χ0n) is 11.4. The lowest BCUT2D eigenvalue weighted by Gasteiger charge is -2.38. The highest BCUT2D eigenvalue weighted by Crippen LogP contribution is 2.33. The van der Waals surface area contributed by atoms with Gasteiger partial charge in [-0.1, -0.05) is 13.8 Å². The van der Waals surface area contributed by atoms with Crippen molar-refractivity contribution in [3.63, 3.8) is 0 Å². The molecule has 1 unspecified atom stereocenters. The second kappa shape index (κ2) is 5.28. The molecule has 2 heterocycles. The summed E-state index contributed by atoms with van der Waals surface area (Å²) in [6.45, 7) is 5.16. The Hall–Kier alpha value is -1.43. The van der Waals surface area contributed by atoms with Gasteiger partial charge in [0.05, 0.1) is 6.61 Å². The average Bonchev–Trinajstić information content (AvgIpc) is 2.89. The predicted molar refractivity (Wildman–Crippen MR) is 67.2 cm³/mol. The highest BCUT2D eigenvalue weighted by molar-refractivity contribution is 6.19. The van der Waals surface area contributed by atoms with Gasteiger partial charge in [0.2, 0.25) is 11.8 Å². The molecule has 6 heteroatoms. The zero-order valence-corrected chi connectivity index (χ0v) is 11.4. The van der Waals surface area contributed by atoms with Crippen molar-refractivity contribution < 1.29 is 19.1 Å². The maximum atomic E-state index is 12.5. The quantitative estimate of drug-likeness (QED) is 0.769. The van der Waals surface area contributed by atoms with E-state index in [1.54, 1.807) is 13.8 Å². The monoisotopic (exact) mass is 268 g/mol. The van der Waals surface area contributed by atoms with E-state index in [2.05, 4.69) is 5.32 Å². The SMILES string of the molecule is CCC1(CC)C(=O)NC(=O)N(CC2CCOC2)C1=O. The van der Waals surface area contributed by atoms with Crippen molar-refractivity contribution in [2.24, 2.45) is 11.3 Å². The van der Waals surface area contributed by atoms with Gasteiger partial charge in [0.1, 0.15) is 5.41 Å². The Labute approximate surface area is 112 Å². The number of hydrogen-bond acceptors (Lipinski definition) is 4.